The summed E-state index contributed by atoms with van der Waals surface area (Å²) in [6, 6.07) is 20.3. The normalized spacial score (nSPS) is 10.7. The van der Waals surface area contributed by atoms with Crippen molar-refractivity contribution in [3.63, 3.8) is 0 Å². The fourth-order valence-corrected chi connectivity index (χ4v) is 2.55. The molecule has 0 unspecified atom stereocenters. The molecule has 5 nitrogen and oxygen atoms in total. The van der Waals surface area contributed by atoms with Crippen molar-refractivity contribution in [2.45, 2.75) is 13.0 Å². The highest BCUT2D eigenvalue weighted by molar-refractivity contribution is 5.56. The highest BCUT2D eigenvalue weighted by Gasteiger charge is 2.16. The van der Waals surface area contributed by atoms with Crippen molar-refractivity contribution in [1.29, 1.82) is 0 Å². The molecular formula is C18H20N4O. The summed E-state index contributed by atoms with van der Waals surface area (Å²) < 4.78 is 2.05. The van der Waals surface area contributed by atoms with Crippen LogP contribution in [0.3, 0.4) is 0 Å². The van der Waals surface area contributed by atoms with Crippen LogP contribution in [0.5, 0.6) is 0 Å². The molecule has 0 spiro atoms. The first kappa shape index (κ1) is 15.2. The molecule has 1 aromatic heterocycles. The van der Waals surface area contributed by atoms with E-state index in [9.17, 15) is 5.11 Å². The number of rotatable bonds is 6. The van der Waals surface area contributed by atoms with Gasteiger partial charge in [0.25, 0.3) is 0 Å². The van der Waals surface area contributed by atoms with Crippen molar-refractivity contribution < 1.29 is 5.11 Å². The zero-order chi connectivity index (χ0) is 16.1. The Balaban J connectivity index is 1.97. The van der Waals surface area contributed by atoms with E-state index in [1.54, 1.807) is 0 Å². The summed E-state index contributed by atoms with van der Waals surface area (Å²) in [4.78, 5) is 2.01. The van der Waals surface area contributed by atoms with Gasteiger partial charge in [-0.3, -0.25) is 4.57 Å². The Morgan fingerprint density at radius 3 is 2.26 bits per heavy atom. The molecule has 1 N–H and O–H groups in total. The van der Waals surface area contributed by atoms with E-state index < -0.39 is 0 Å². The molecule has 23 heavy (non-hydrogen) atoms. The van der Waals surface area contributed by atoms with Crippen molar-refractivity contribution in [1.82, 2.24) is 14.8 Å². The van der Waals surface area contributed by atoms with Gasteiger partial charge < -0.3 is 10.0 Å². The van der Waals surface area contributed by atoms with Gasteiger partial charge in [-0.05, 0) is 17.7 Å². The van der Waals surface area contributed by atoms with Gasteiger partial charge in [0, 0.05) is 19.2 Å². The fraction of sp³-hybridized carbons (Fsp3) is 0.222. The first-order valence-electron chi connectivity index (χ1n) is 7.65. The van der Waals surface area contributed by atoms with Gasteiger partial charge in [-0.1, -0.05) is 48.5 Å². The predicted molar refractivity (Wildman–Crippen MR) is 90.9 cm³/mol. The van der Waals surface area contributed by atoms with Crippen LogP contribution in [0.25, 0.3) is 0 Å². The molecule has 0 aliphatic carbocycles. The smallest absolute Gasteiger partial charge is 0.231 e. The van der Waals surface area contributed by atoms with Crippen LogP contribution in [0.1, 0.15) is 11.4 Å². The minimum Gasteiger partial charge on any atom is -0.396 e. The highest BCUT2D eigenvalue weighted by atomic mass is 16.3. The molecule has 0 saturated carbocycles. The number of aliphatic hydroxyl groups is 1. The number of nitrogens with zero attached hydrogens (tertiary/aromatic N) is 4. The van der Waals surface area contributed by atoms with Crippen molar-refractivity contribution in [3.8, 4) is 0 Å². The lowest BCUT2D eigenvalue weighted by atomic mass is 10.2. The quantitative estimate of drug-likeness (QED) is 0.760. The fourth-order valence-electron chi connectivity index (χ4n) is 2.55. The summed E-state index contributed by atoms with van der Waals surface area (Å²) >= 11 is 0. The van der Waals surface area contributed by atoms with E-state index >= 15 is 0 Å². The number of para-hydroxylation sites is 1. The molecular weight excluding hydrogens is 288 g/mol. The third-order valence-electron chi connectivity index (χ3n) is 3.77. The van der Waals surface area contributed by atoms with Gasteiger partial charge in [0.1, 0.15) is 5.82 Å². The summed E-state index contributed by atoms with van der Waals surface area (Å²) in [6.45, 7) is 0.734. The number of hydrogen-bond acceptors (Lipinski definition) is 4. The zero-order valence-electron chi connectivity index (χ0n) is 13.1. The average Bonchev–Trinajstić information content (AvgIpc) is 2.99. The summed E-state index contributed by atoms with van der Waals surface area (Å²) in [5, 5.41) is 17.9. The molecule has 0 amide bonds. The Bertz CT molecular complexity index is 740. The molecule has 118 valence electrons. The van der Waals surface area contributed by atoms with Crippen LogP contribution in [-0.4, -0.2) is 33.5 Å². The minimum atomic E-state index is 0.0575. The zero-order valence-corrected chi connectivity index (χ0v) is 13.1. The monoisotopic (exact) mass is 308 g/mol. The summed E-state index contributed by atoms with van der Waals surface area (Å²) in [5.41, 5.74) is 2.22. The molecule has 0 fully saturated rings. The largest absolute Gasteiger partial charge is 0.396 e. The second kappa shape index (κ2) is 7.07. The van der Waals surface area contributed by atoms with Crippen molar-refractivity contribution >= 4 is 11.6 Å². The Kier molecular flexibility index (Phi) is 4.68. The molecule has 3 aromatic rings. The van der Waals surface area contributed by atoms with E-state index in [0.717, 1.165) is 17.5 Å². The number of benzene rings is 2. The predicted octanol–water partition coefficient (Wildman–Crippen LogP) is 2.63. The number of aromatic nitrogens is 3. The van der Waals surface area contributed by atoms with Crippen molar-refractivity contribution in [2.24, 2.45) is 0 Å². The van der Waals surface area contributed by atoms with Gasteiger partial charge in [0.05, 0.1) is 13.2 Å². The van der Waals surface area contributed by atoms with E-state index in [-0.39, 0.29) is 6.61 Å². The highest BCUT2D eigenvalue weighted by Crippen LogP contribution is 2.23. The second-order valence-corrected chi connectivity index (χ2v) is 5.36. The van der Waals surface area contributed by atoms with Gasteiger partial charge in [0.2, 0.25) is 5.95 Å². The topological polar surface area (TPSA) is 54.2 Å². The van der Waals surface area contributed by atoms with Gasteiger partial charge >= 0.3 is 0 Å². The van der Waals surface area contributed by atoms with Crippen LogP contribution in [-0.2, 0) is 13.0 Å². The molecule has 0 radical (unpaired) electrons. The number of anilines is 2. The maximum absolute atomic E-state index is 9.28. The third-order valence-corrected chi connectivity index (χ3v) is 3.77. The van der Waals surface area contributed by atoms with Gasteiger partial charge in [-0.2, -0.15) is 0 Å². The molecule has 0 atom stereocenters. The molecule has 5 heteroatoms. The molecule has 0 bridgehead atoms. The number of hydrogen-bond donors (Lipinski definition) is 1. The molecule has 0 aliphatic rings. The Morgan fingerprint density at radius 1 is 0.957 bits per heavy atom. The van der Waals surface area contributed by atoms with Crippen LogP contribution >= 0.6 is 0 Å². The maximum Gasteiger partial charge on any atom is 0.231 e. The van der Waals surface area contributed by atoms with E-state index in [4.69, 9.17) is 0 Å². The minimum absolute atomic E-state index is 0.0575. The van der Waals surface area contributed by atoms with Gasteiger partial charge in [-0.15, -0.1) is 10.2 Å². The lowest BCUT2D eigenvalue weighted by Crippen LogP contribution is -2.17. The van der Waals surface area contributed by atoms with E-state index in [1.807, 2.05) is 60.5 Å². The van der Waals surface area contributed by atoms with Crippen molar-refractivity contribution in [3.05, 3.63) is 72.1 Å². The van der Waals surface area contributed by atoms with Gasteiger partial charge in [-0.25, -0.2) is 0 Å². The van der Waals surface area contributed by atoms with Crippen molar-refractivity contribution in [2.75, 3.05) is 18.6 Å². The molecule has 0 aliphatic heterocycles. The van der Waals surface area contributed by atoms with Crippen LogP contribution in [0, 0.1) is 0 Å². The molecule has 0 saturated heterocycles. The molecule has 2 aromatic carbocycles. The first-order valence-corrected chi connectivity index (χ1v) is 7.65. The lowest BCUT2D eigenvalue weighted by molar-refractivity contribution is 0.295. The first-order chi connectivity index (χ1) is 11.3. The summed E-state index contributed by atoms with van der Waals surface area (Å²) in [5.74, 6) is 1.55. The summed E-state index contributed by atoms with van der Waals surface area (Å²) in [6.07, 6.45) is 0.489. The average molecular weight is 308 g/mol. The standard InChI is InChI=1S/C18H20N4O/c1-21(16-10-6-3-7-11-16)18-20-19-17(12-13-23)22(18)14-15-8-4-2-5-9-15/h2-11,23H,12-14H2,1H3. The lowest BCUT2D eigenvalue weighted by Gasteiger charge is -2.20. The van der Waals surface area contributed by atoms with Crippen LogP contribution in [0.4, 0.5) is 11.6 Å². The van der Waals surface area contributed by atoms with Crippen LogP contribution in [0.15, 0.2) is 60.7 Å². The van der Waals surface area contributed by atoms with Crippen LogP contribution < -0.4 is 4.90 Å². The second-order valence-electron chi connectivity index (χ2n) is 5.36. The third kappa shape index (κ3) is 3.40. The Hall–Kier alpha value is -2.66. The Morgan fingerprint density at radius 2 is 1.61 bits per heavy atom. The van der Waals surface area contributed by atoms with Crippen LogP contribution in [0.2, 0.25) is 0 Å². The van der Waals surface area contributed by atoms with E-state index in [1.165, 1.54) is 5.56 Å². The number of aliphatic hydroxyl groups excluding tert-OH is 1. The maximum atomic E-state index is 9.28. The van der Waals surface area contributed by atoms with E-state index in [0.29, 0.717) is 13.0 Å². The Labute approximate surface area is 135 Å². The SMILES string of the molecule is CN(c1ccccc1)c1nnc(CCO)n1Cc1ccccc1. The van der Waals surface area contributed by atoms with E-state index in [2.05, 4.69) is 26.9 Å². The van der Waals surface area contributed by atoms with Gasteiger partial charge in [0.15, 0.2) is 0 Å². The molecule has 1 heterocycles. The summed E-state index contributed by atoms with van der Waals surface area (Å²) in [7, 11) is 1.98. The molecule has 3 rings (SSSR count).